The molecule has 1 N–H and O–H groups in total. The van der Waals surface area contributed by atoms with Gasteiger partial charge in [0.2, 0.25) is 10.0 Å². The molecule has 1 aromatic carbocycles. The van der Waals surface area contributed by atoms with Crippen molar-refractivity contribution in [2.24, 2.45) is 5.92 Å². The highest BCUT2D eigenvalue weighted by atomic mass is 32.2. The lowest BCUT2D eigenvalue weighted by atomic mass is 10.0. The Morgan fingerprint density at radius 2 is 1.96 bits per heavy atom. The van der Waals surface area contributed by atoms with Gasteiger partial charge in [-0.1, -0.05) is 0 Å². The number of benzene rings is 1. The number of aliphatic hydroxyl groups excluding tert-OH is 1. The van der Waals surface area contributed by atoms with E-state index in [0.29, 0.717) is 25.3 Å². The Morgan fingerprint density at radius 1 is 1.25 bits per heavy atom. The normalized spacial score (nSPS) is 27.9. The molecule has 1 aliphatic carbocycles. The molecule has 0 spiro atoms. The fourth-order valence-electron chi connectivity index (χ4n) is 3.68. The number of alkyl halides is 3. The minimum absolute atomic E-state index is 0.0255. The summed E-state index contributed by atoms with van der Waals surface area (Å²) < 4.78 is 66.5. The third-order valence-electron chi connectivity index (χ3n) is 4.76. The molecule has 1 aromatic rings. The van der Waals surface area contributed by atoms with E-state index in [1.165, 1.54) is 0 Å². The number of fused-ring (bicyclic) bond motifs is 1. The van der Waals surface area contributed by atoms with Crippen molar-refractivity contribution in [1.82, 2.24) is 4.31 Å². The summed E-state index contributed by atoms with van der Waals surface area (Å²) in [5.74, 6) is -0.0255. The van der Waals surface area contributed by atoms with E-state index in [4.69, 9.17) is 5.26 Å². The summed E-state index contributed by atoms with van der Waals surface area (Å²) >= 11 is 0. The molecule has 130 valence electrons. The van der Waals surface area contributed by atoms with Gasteiger partial charge in [0.1, 0.15) is 0 Å². The number of halogens is 3. The van der Waals surface area contributed by atoms with Crippen LogP contribution in [0.1, 0.15) is 30.4 Å². The number of hydrogen-bond acceptors (Lipinski definition) is 4. The molecule has 2 aliphatic rings. The molecule has 3 atom stereocenters. The van der Waals surface area contributed by atoms with E-state index in [2.05, 4.69) is 0 Å². The summed E-state index contributed by atoms with van der Waals surface area (Å²) in [4.78, 5) is -0.867. The minimum Gasteiger partial charge on any atom is -0.391 e. The van der Waals surface area contributed by atoms with Gasteiger partial charge in [0.25, 0.3) is 0 Å². The number of nitrogens with zero attached hydrogens (tertiary/aromatic N) is 2. The summed E-state index contributed by atoms with van der Waals surface area (Å²) in [6.45, 7) is 0.0893. The topological polar surface area (TPSA) is 81.4 Å². The summed E-state index contributed by atoms with van der Waals surface area (Å²) in [6, 6.07) is 3.34. The van der Waals surface area contributed by atoms with Gasteiger partial charge in [-0.25, -0.2) is 8.42 Å². The summed E-state index contributed by atoms with van der Waals surface area (Å²) in [5, 5.41) is 18.8. The van der Waals surface area contributed by atoms with Gasteiger partial charge in [-0.15, -0.1) is 0 Å². The number of aliphatic hydroxyl groups is 1. The molecule has 24 heavy (non-hydrogen) atoms. The highest BCUT2D eigenvalue weighted by molar-refractivity contribution is 7.89. The largest absolute Gasteiger partial charge is 0.417 e. The van der Waals surface area contributed by atoms with Crippen molar-refractivity contribution in [3.63, 3.8) is 0 Å². The van der Waals surface area contributed by atoms with Crippen molar-refractivity contribution in [2.75, 3.05) is 6.54 Å². The van der Waals surface area contributed by atoms with E-state index in [9.17, 15) is 26.7 Å². The molecule has 0 amide bonds. The summed E-state index contributed by atoms with van der Waals surface area (Å²) in [5.41, 5.74) is -1.61. The van der Waals surface area contributed by atoms with Gasteiger partial charge < -0.3 is 5.11 Å². The zero-order valence-electron chi connectivity index (χ0n) is 12.5. The summed E-state index contributed by atoms with van der Waals surface area (Å²) in [6.07, 6.45) is -4.13. The predicted molar refractivity (Wildman–Crippen MR) is 77.2 cm³/mol. The van der Waals surface area contributed by atoms with E-state index < -0.39 is 38.8 Å². The first-order valence-corrected chi connectivity index (χ1v) is 8.91. The number of nitriles is 1. The fourth-order valence-corrected chi connectivity index (χ4v) is 5.60. The number of hydrogen-bond donors (Lipinski definition) is 1. The molecule has 0 aromatic heterocycles. The fraction of sp³-hybridized carbons (Fsp3) is 0.533. The smallest absolute Gasteiger partial charge is 0.391 e. The molecule has 0 unspecified atom stereocenters. The maximum Gasteiger partial charge on any atom is 0.417 e. The van der Waals surface area contributed by atoms with Crippen LogP contribution in [-0.4, -0.2) is 36.5 Å². The van der Waals surface area contributed by atoms with E-state index >= 15 is 0 Å². The zero-order chi connectivity index (χ0) is 17.7. The van der Waals surface area contributed by atoms with Gasteiger partial charge in [-0.3, -0.25) is 0 Å². The second-order valence-electron chi connectivity index (χ2n) is 6.12. The third-order valence-corrected chi connectivity index (χ3v) is 6.72. The van der Waals surface area contributed by atoms with Crippen molar-refractivity contribution in [1.29, 1.82) is 5.26 Å². The monoisotopic (exact) mass is 360 g/mol. The highest BCUT2D eigenvalue weighted by Crippen LogP contribution is 2.43. The maximum absolute atomic E-state index is 13.3. The van der Waals surface area contributed by atoms with Crippen molar-refractivity contribution >= 4 is 10.0 Å². The molecule has 1 heterocycles. The molecule has 1 aliphatic heterocycles. The van der Waals surface area contributed by atoms with Gasteiger partial charge in [0.05, 0.1) is 34.2 Å². The van der Waals surface area contributed by atoms with Gasteiger partial charge in [-0.2, -0.15) is 22.7 Å². The van der Waals surface area contributed by atoms with Crippen LogP contribution < -0.4 is 0 Å². The lowest BCUT2D eigenvalue weighted by Crippen LogP contribution is -2.42. The Balaban J connectivity index is 2.09. The summed E-state index contributed by atoms with van der Waals surface area (Å²) in [7, 11) is -4.42. The van der Waals surface area contributed by atoms with Gasteiger partial charge >= 0.3 is 6.18 Å². The second kappa shape index (κ2) is 5.72. The predicted octanol–water partition coefficient (Wildman–Crippen LogP) is 2.11. The Bertz CT molecular complexity index is 801. The minimum atomic E-state index is -4.90. The molecular weight excluding hydrogens is 345 g/mol. The van der Waals surface area contributed by atoms with Crippen LogP contribution in [0.15, 0.2) is 23.1 Å². The molecular formula is C15H15F3N2O3S. The van der Waals surface area contributed by atoms with E-state index in [-0.39, 0.29) is 18.0 Å². The molecule has 5 nitrogen and oxygen atoms in total. The highest BCUT2D eigenvalue weighted by Gasteiger charge is 2.50. The van der Waals surface area contributed by atoms with Crippen LogP contribution in [0.5, 0.6) is 0 Å². The standard InChI is InChI=1S/C15H15F3N2O3S/c16-15(17,18)11-7-9(8-19)1-4-13(11)24(22,23)20-6-5-10-2-3-12(21)14(10)20/h1,4,7,10,12,14,21H,2-3,5-6H2/t10-,12+,14+/m0/s1. The van der Waals surface area contributed by atoms with Gasteiger partial charge in [0.15, 0.2) is 0 Å². The van der Waals surface area contributed by atoms with Crippen LogP contribution in [0.3, 0.4) is 0 Å². The quantitative estimate of drug-likeness (QED) is 0.876. The van der Waals surface area contributed by atoms with Crippen molar-refractivity contribution in [3.05, 3.63) is 29.3 Å². The Kier molecular flexibility index (Phi) is 4.10. The zero-order valence-corrected chi connectivity index (χ0v) is 13.3. The molecule has 0 radical (unpaired) electrons. The first-order valence-electron chi connectivity index (χ1n) is 7.47. The lowest BCUT2D eigenvalue weighted by Gasteiger charge is -2.27. The molecule has 3 rings (SSSR count). The number of rotatable bonds is 2. The SMILES string of the molecule is N#Cc1ccc(S(=O)(=O)N2CC[C@@H]3CC[C@@H](O)[C@@H]32)c(C(F)(F)F)c1. The lowest BCUT2D eigenvalue weighted by molar-refractivity contribution is -0.139. The molecule has 9 heteroatoms. The van der Waals surface area contributed by atoms with E-state index in [1.807, 2.05) is 0 Å². The molecule has 1 saturated heterocycles. The van der Waals surface area contributed by atoms with Gasteiger partial charge in [-0.05, 0) is 43.4 Å². The first-order chi connectivity index (χ1) is 11.2. The average Bonchev–Trinajstić information content (AvgIpc) is 3.09. The Morgan fingerprint density at radius 3 is 2.58 bits per heavy atom. The van der Waals surface area contributed by atoms with Crippen LogP contribution in [-0.2, 0) is 16.2 Å². The van der Waals surface area contributed by atoms with Crippen molar-refractivity contribution < 1.29 is 26.7 Å². The third kappa shape index (κ3) is 2.68. The van der Waals surface area contributed by atoms with Crippen LogP contribution in [0.25, 0.3) is 0 Å². The maximum atomic E-state index is 13.3. The average molecular weight is 360 g/mol. The molecule has 0 bridgehead atoms. The first kappa shape index (κ1) is 17.2. The van der Waals surface area contributed by atoms with E-state index in [0.717, 1.165) is 16.4 Å². The van der Waals surface area contributed by atoms with Crippen molar-refractivity contribution in [2.45, 2.75) is 42.5 Å². The Labute approximate surface area is 137 Å². The number of sulfonamides is 1. The second-order valence-corrected chi connectivity index (χ2v) is 7.98. The van der Waals surface area contributed by atoms with E-state index in [1.54, 1.807) is 6.07 Å². The molecule has 1 saturated carbocycles. The van der Waals surface area contributed by atoms with Crippen LogP contribution in [0, 0.1) is 17.2 Å². The molecule has 2 fully saturated rings. The van der Waals surface area contributed by atoms with Gasteiger partial charge in [0, 0.05) is 6.54 Å². The van der Waals surface area contributed by atoms with Crippen LogP contribution in [0.4, 0.5) is 13.2 Å². The van der Waals surface area contributed by atoms with Crippen LogP contribution in [0.2, 0.25) is 0 Å². The Hall–Kier alpha value is -1.63. The van der Waals surface area contributed by atoms with Crippen LogP contribution >= 0.6 is 0 Å². The van der Waals surface area contributed by atoms with Crippen molar-refractivity contribution in [3.8, 4) is 6.07 Å².